The van der Waals surface area contributed by atoms with Crippen LogP contribution in [0.5, 0.6) is 5.75 Å². The SMILES string of the molecule is CC(C)(C)C(CCN)NC(=O)c1ccc(F)cc1O. The quantitative estimate of drug-likeness (QED) is 0.782. The van der Waals surface area contributed by atoms with Crippen LogP contribution in [0.4, 0.5) is 4.39 Å². The number of phenolic OH excluding ortho intramolecular Hbond substituents is 1. The Morgan fingerprint density at radius 3 is 2.58 bits per heavy atom. The molecular weight excluding hydrogens is 247 g/mol. The van der Waals surface area contributed by atoms with Gasteiger partial charge in [-0.3, -0.25) is 4.79 Å². The third-order valence-corrected chi connectivity index (χ3v) is 3.01. The first-order valence-corrected chi connectivity index (χ1v) is 6.25. The first-order chi connectivity index (χ1) is 8.75. The number of carbonyl (C=O) groups is 1. The fraction of sp³-hybridized carbons (Fsp3) is 0.500. The Balaban J connectivity index is 2.88. The normalized spacial score (nSPS) is 13.1. The summed E-state index contributed by atoms with van der Waals surface area (Å²) in [7, 11) is 0. The molecule has 0 spiro atoms. The molecule has 106 valence electrons. The highest BCUT2D eigenvalue weighted by Gasteiger charge is 2.26. The topological polar surface area (TPSA) is 75.3 Å². The van der Waals surface area contributed by atoms with Crippen LogP contribution in [0.25, 0.3) is 0 Å². The van der Waals surface area contributed by atoms with Gasteiger partial charge in [0.1, 0.15) is 11.6 Å². The lowest BCUT2D eigenvalue weighted by atomic mass is 9.84. The minimum atomic E-state index is -0.580. The zero-order valence-electron chi connectivity index (χ0n) is 11.5. The maximum absolute atomic E-state index is 12.9. The third-order valence-electron chi connectivity index (χ3n) is 3.01. The van der Waals surface area contributed by atoms with Crippen LogP contribution in [-0.4, -0.2) is 23.6 Å². The summed E-state index contributed by atoms with van der Waals surface area (Å²) in [5.74, 6) is -1.37. The Bertz CT molecular complexity index is 455. The minimum absolute atomic E-state index is 0.0627. The Morgan fingerprint density at radius 2 is 2.11 bits per heavy atom. The Kier molecular flexibility index (Phi) is 4.89. The van der Waals surface area contributed by atoms with E-state index in [4.69, 9.17) is 5.73 Å². The predicted molar refractivity (Wildman–Crippen MR) is 72.4 cm³/mol. The molecule has 0 aromatic heterocycles. The Hall–Kier alpha value is -1.62. The molecule has 0 aliphatic heterocycles. The van der Waals surface area contributed by atoms with Crippen molar-refractivity contribution in [2.75, 3.05) is 6.54 Å². The number of halogens is 1. The summed E-state index contributed by atoms with van der Waals surface area (Å²) < 4.78 is 12.9. The number of hydrogen-bond donors (Lipinski definition) is 3. The van der Waals surface area contributed by atoms with E-state index in [1.807, 2.05) is 20.8 Å². The van der Waals surface area contributed by atoms with Crippen molar-refractivity contribution in [3.05, 3.63) is 29.6 Å². The van der Waals surface area contributed by atoms with Crippen molar-refractivity contribution in [2.45, 2.75) is 33.2 Å². The van der Waals surface area contributed by atoms with Gasteiger partial charge in [0.15, 0.2) is 0 Å². The predicted octanol–water partition coefficient (Wildman–Crippen LogP) is 2.02. The maximum Gasteiger partial charge on any atom is 0.255 e. The van der Waals surface area contributed by atoms with Crippen LogP contribution in [0.15, 0.2) is 18.2 Å². The monoisotopic (exact) mass is 268 g/mol. The molecule has 1 rings (SSSR count). The van der Waals surface area contributed by atoms with Gasteiger partial charge in [0, 0.05) is 12.1 Å². The number of nitrogens with one attached hydrogen (secondary N) is 1. The standard InChI is InChI=1S/C14H21FN2O2/c1-14(2,3)12(6-7-16)17-13(19)10-5-4-9(15)8-11(10)18/h4-5,8,12,18H,6-7,16H2,1-3H3,(H,17,19). The largest absolute Gasteiger partial charge is 0.507 e. The van der Waals surface area contributed by atoms with E-state index >= 15 is 0 Å². The van der Waals surface area contributed by atoms with Gasteiger partial charge in [0.2, 0.25) is 0 Å². The van der Waals surface area contributed by atoms with E-state index in [0.29, 0.717) is 13.0 Å². The zero-order valence-corrected chi connectivity index (χ0v) is 11.5. The van der Waals surface area contributed by atoms with Crippen LogP contribution in [0, 0.1) is 11.2 Å². The number of aromatic hydroxyl groups is 1. The molecule has 0 saturated carbocycles. The van der Waals surface area contributed by atoms with E-state index in [1.165, 1.54) is 6.07 Å². The van der Waals surface area contributed by atoms with Crippen molar-refractivity contribution >= 4 is 5.91 Å². The second kappa shape index (κ2) is 6.02. The molecule has 5 heteroatoms. The van der Waals surface area contributed by atoms with Crippen LogP contribution in [0.3, 0.4) is 0 Å². The highest BCUT2D eigenvalue weighted by Crippen LogP contribution is 2.23. The minimum Gasteiger partial charge on any atom is -0.507 e. The molecular formula is C14H21FN2O2. The van der Waals surface area contributed by atoms with E-state index in [0.717, 1.165) is 12.1 Å². The van der Waals surface area contributed by atoms with Crippen molar-refractivity contribution in [3.63, 3.8) is 0 Å². The highest BCUT2D eigenvalue weighted by molar-refractivity contribution is 5.97. The van der Waals surface area contributed by atoms with Gasteiger partial charge in [-0.2, -0.15) is 0 Å². The van der Waals surface area contributed by atoms with Crippen molar-refractivity contribution in [1.82, 2.24) is 5.32 Å². The molecule has 0 aliphatic carbocycles. The molecule has 0 fully saturated rings. The second-order valence-electron chi connectivity index (χ2n) is 5.63. The van der Waals surface area contributed by atoms with Crippen LogP contribution >= 0.6 is 0 Å². The number of hydrogen-bond acceptors (Lipinski definition) is 3. The van der Waals surface area contributed by atoms with E-state index in [2.05, 4.69) is 5.32 Å². The summed E-state index contributed by atoms with van der Waals surface area (Å²) in [6.45, 7) is 6.45. The van der Waals surface area contributed by atoms with Gasteiger partial charge < -0.3 is 16.2 Å². The van der Waals surface area contributed by atoms with E-state index in [1.54, 1.807) is 0 Å². The summed E-state index contributed by atoms with van der Waals surface area (Å²) in [4.78, 5) is 12.1. The highest BCUT2D eigenvalue weighted by atomic mass is 19.1. The fourth-order valence-electron chi connectivity index (χ4n) is 1.82. The Morgan fingerprint density at radius 1 is 1.47 bits per heavy atom. The molecule has 1 unspecified atom stereocenters. The lowest BCUT2D eigenvalue weighted by Gasteiger charge is -2.31. The summed E-state index contributed by atoms with van der Waals surface area (Å²) in [6, 6.07) is 3.21. The van der Waals surface area contributed by atoms with Crippen LogP contribution in [0.1, 0.15) is 37.6 Å². The molecule has 0 saturated heterocycles. The first kappa shape index (κ1) is 15.4. The molecule has 0 bridgehead atoms. The molecule has 0 aliphatic rings. The average molecular weight is 268 g/mol. The second-order valence-corrected chi connectivity index (χ2v) is 5.63. The number of amides is 1. The van der Waals surface area contributed by atoms with E-state index < -0.39 is 11.7 Å². The number of phenols is 1. The lowest BCUT2D eigenvalue weighted by Crippen LogP contribution is -2.44. The van der Waals surface area contributed by atoms with Gasteiger partial charge in [-0.05, 0) is 30.5 Å². The maximum atomic E-state index is 12.9. The van der Waals surface area contributed by atoms with Gasteiger partial charge in [-0.15, -0.1) is 0 Å². The number of carbonyl (C=O) groups excluding carboxylic acids is 1. The van der Waals surface area contributed by atoms with Gasteiger partial charge in [0.25, 0.3) is 5.91 Å². The summed E-state index contributed by atoms with van der Waals surface area (Å²) in [6.07, 6.45) is 0.636. The number of rotatable bonds is 4. The summed E-state index contributed by atoms with van der Waals surface area (Å²) in [5, 5.41) is 12.4. The van der Waals surface area contributed by atoms with Gasteiger partial charge in [0.05, 0.1) is 5.56 Å². The average Bonchev–Trinajstić information content (AvgIpc) is 2.26. The molecule has 1 atom stereocenters. The smallest absolute Gasteiger partial charge is 0.255 e. The first-order valence-electron chi connectivity index (χ1n) is 6.25. The lowest BCUT2D eigenvalue weighted by molar-refractivity contribution is 0.0896. The molecule has 0 radical (unpaired) electrons. The van der Waals surface area contributed by atoms with E-state index in [9.17, 15) is 14.3 Å². The molecule has 1 amide bonds. The number of nitrogens with two attached hydrogens (primary N) is 1. The van der Waals surface area contributed by atoms with E-state index in [-0.39, 0.29) is 22.8 Å². The molecule has 0 heterocycles. The Labute approximate surface area is 112 Å². The fourth-order valence-corrected chi connectivity index (χ4v) is 1.82. The van der Waals surface area contributed by atoms with Gasteiger partial charge in [-0.1, -0.05) is 20.8 Å². The van der Waals surface area contributed by atoms with Crippen molar-refractivity contribution < 1.29 is 14.3 Å². The van der Waals surface area contributed by atoms with Crippen LogP contribution in [0.2, 0.25) is 0 Å². The molecule has 19 heavy (non-hydrogen) atoms. The van der Waals surface area contributed by atoms with Crippen LogP contribution in [-0.2, 0) is 0 Å². The van der Waals surface area contributed by atoms with Crippen molar-refractivity contribution in [2.24, 2.45) is 11.1 Å². The van der Waals surface area contributed by atoms with Gasteiger partial charge >= 0.3 is 0 Å². The van der Waals surface area contributed by atoms with Crippen molar-refractivity contribution in [3.8, 4) is 5.75 Å². The summed E-state index contributed by atoms with van der Waals surface area (Å²) in [5.41, 5.74) is 5.45. The molecule has 1 aromatic rings. The molecule has 1 aromatic carbocycles. The zero-order chi connectivity index (χ0) is 14.6. The van der Waals surface area contributed by atoms with Crippen molar-refractivity contribution in [1.29, 1.82) is 0 Å². The summed E-state index contributed by atoms with van der Waals surface area (Å²) >= 11 is 0. The van der Waals surface area contributed by atoms with Gasteiger partial charge in [-0.25, -0.2) is 4.39 Å². The van der Waals surface area contributed by atoms with Crippen LogP contribution < -0.4 is 11.1 Å². The molecule has 4 N–H and O–H groups in total. The molecule has 4 nitrogen and oxygen atoms in total. The third kappa shape index (κ3) is 4.21. The number of benzene rings is 1.